The van der Waals surface area contributed by atoms with Gasteiger partial charge in [0.1, 0.15) is 4.32 Å². The van der Waals surface area contributed by atoms with E-state index in [9.17, 15) is 0 Å². The standard InChI is InChI=1S/C5H8INS2/c1-7-3-4-9(6)5(7)8-2/h3-4H,1-2H3. The highest BCUT2D eigenvalue weighted by molar-refractivity contribution is 14.2. The van der Waals surface area contributed by atoms with Crippen molar-refractivity contribution in [2.75, 3.05) is 13.3 Å². The molecule has 0 amide bonds. The average molecular weight is 273 g/mol. The summed E-state index contributed by atoms with van der Waals surface area (Å²) in [6.07, 6.45) is 4.25. The molecule has 1 atom stereocenters. The second-order valence-corrected chi connectivity index (χ2v) is 6.78. The zero-order chi connectivity index (χ0) is 6.85. The Kier molecular flexibility index (Phi) is 2.91. The van der Waals surface area contributed by atoms with Crippen LogP contribution in [0.15, 0.2) is 11.6 Å². The number of thioether (sulfide) groups is 1. The summed E-state index contributed by atoms with van der Waals surface area (Å²) in [5.74, 6) is 0. The van der Waals surface area contributed by atoms with Crippen LogP contribution in [0.5, 0.6) is 0 Å². The van der Waals surface area contributed by atoms with Crippen molar-refractivity contribution in [2.24, 2.45) is 0 Å². The lowest BCUT2D eigenvalue weighted by atomic mass is 10.9. The van der Waals surface area contributed by atoms with E-state index in [1.165, 1.54) is 4.32 Å². The van der Waals surface area contributed by atoms with Crippen molar-refractivity contribution in [2.45, 2.75) is 0 Å². The first-order chi connectivity index (χ1) is 4.25. The van der Waals surface area contributed by atoms with Crippen LogP contribution in [0.3, 0.4) is 0 Å². The molecule has 4 heteroatoms. The molecule has 0 aromatic heterocycles. The minimum Gasteiger partial charge on any atom is -0.340 e. The van der Waals surface area contributed by atoms with E-state index < -0.39 is 0 Å². The van der Waals surface area contributed by atoms with Crippen molar-refractivity contribution in [3.8, 4) is 0 Å². The Morgan fingerprint density at radius 1 is 1.78 bits per heavy atom. The fraction of sp³-hybridized carbons (Fsp3) is 0.400. The van der Waals surface area contributed by atoms with E-state index in [0.717, 1.165) is 0 Å². The van der Waals surface area contributed by atoms with Crippen LogP contribution in [0.1, 0.15) is 0 Å². The lowest BCUT2D eigenvalue weighted by Crippen LogP contribution is -2.12. The highest BCUT2D eigenvalue weighted by Gasteiger charge is 2.08. The van der Waals surface area contributed by atoms with Crippen molar-refractivity contribution in [3.05, 3.63) is 11.6 Å². The minimum atomic E-state index is 0.354. The smallest absolute Gasteiger partial charge is 0.113 e. The topological polar surface area (TPSA) is 3.24 Å². The predicted molar refractivity (Wildman–Crippen MR) is 57.0 cm³/mol. The van der Waals surface area contributed by atoms with E-state index in [1.807, 2.05) is 11.8 Å². The van der Waals surface area contributed by atoms with Gasteiger partial charge in [0.2, 0.25) is 0 Å². The molecular weight excluding hydrogens is 265 g/mol. The van der Waals surface area contributed by atoms with Crippen molar-refractivity contribution < 1.29 is 0 Å². The molecule has 52 valence electrons. The molecular formula is C5H8INS2. The molecule has 9 heavy (non-hydrogen) atoms. The van der Waals surface area contributed by atoms with Gasteiger partial charge in [-0.15, -0.1) is 11.8 Å². The molecule has 0 aromatic rings. The first kappa shape index (κ1) is 7.94. The van der Waals surface area contributed by atoms with Crippen LogP contribution in [0.25, 0.3) is 0 Å². The molecule has 1 unspecified atom stereocenters. The molecule has 0 saturated heterocycles. The van der Waals surface area contributed by atoms with E-state index in [4.69, 9.17) is 0 Å². The summed E-state index contributed by atoms with van der Waals surface area (Å²) in [5.41, 5.74) is 0. The van der Waals surface area contributed by atoms with E-state index in [2.05, 4.69) is 51.0 Å². The Bertz CT molecular complexity index is 176. The summed E-state index contributed by atoms with van der Waals surface area (Å²) in [6.45, 7) is 0. The summed E-state index contributed by atoms with van der Waals surface area (Å²) >= 11 is 4.28. The predicted octanol–water partition coefficient (Wildman–Crippen LogP) is 2.47. The average Bonchev–Trinajstić information content (AvgIpc) is 2.12. The zero-order valence-corrected chi connectivity index (χ0v) is 9.09. The minimum absolute atomic E-state index is 0.354. The van der Waals surface area contributed by atoms with Crippen LogP contribution >= 0.6 is 40.6 Å². The van der Waals surface area contributed by atoms with Gasteiger partial charge in [-0.05, 0) is 32.9 Å². The number of halogens is 1. The Balaban J connectivity index is 2.79. The third-order valence-corrected chi connectivity index (χ3v) is 6.72. The van der Waals surface area contributed by atoms with Gasteiger partial charge in [0, 0.05) is 13.2 Å². The van der Waals surface area contributed by atoms with Crippen LogP contribution in [-0.4, -0.2) is 22.5 Å². The monoisotopic (exact) mass is 273 g/mol. The van der Waals surface area contributed by atoms with Crippen molar-refractivity contribution >= 4 is 44.9 Å². The quantitative estimate of drug-likeness (QED) is 0.493. The maximum absolute atomic E-state index is 2.45. The van der Waals surface area contributed by atoms with Gasteiger partial charge in [0.25, 0.3) is 0 Å². The van der Waals surface area contributed by atoms with Crippen LogP contribution in [-0.2, 0) is 0 Å². The van der Waals surface area contributed by atoms with Gasteiger partial charge in [0.05, 0.1) is 0 Å². The third-order valence-electron chi connectivity index (χ3n) is 1.03. The van der Waals surface area contributed by atoms with E-state index >= 15 is 0 Å². The van der Waals surface area contributed by atoms with Gasteiger partial charge >= 0.3 is 0 Å². The molecule has 1 nitrogen and oxygen atoms in total. The van der Waals surface area contributed by atoms with Crippen LogP contribution < -0.4 is 0 Å². The maximum atomic E-state index is 2.45. The van der Waals surface area contributed by atoms with Crippen molar-refractivity contribution in [1.82, 2.24) is 4.90 Å². The second-order valence-electron chi connectivity index (χ2n) is 1.65. The lowest BCUT2D eigenvalue weighted by molar-refractivity contribution is 0.722. The fourth-order valence-corrected chi connectivity index (χ4v) is 5.46. The Labute approximate surface area is 74.4 Å². The summed E-state index contributed by atoms with van der Waals surface area (Å²) in [6, 6.07) is 0. The number of hydrogen-bond donors (Lipinski definition) is 0. The van der Waals surface area contributed by atoms with Crippen LogP contribution in [0.2, 0.25) is 0 Å². The molecule has 0 fully saturated rings. The van der Waals surface area contributed by atoms with Crippen LogP contribution in [0, 0.1) is 0 Å². The van der Waals surface area contributed by atoms with E-state index in [0.29, 0.717) is 7.66 Å². The summed E-state index contributed by atoms with van der Waals surface area (Å²) in [5, 5.41) is 2.23. The van der Waals surface area contributed by atoms with Gasteiger partial charge < -0.3 is 4.90 Å². The van der Waals surface area contributed by atoms with Gasteiger partial charge in [0.15, 0.2) is 0 Å². The Hall–Kier alpha value is 0.840. The third kappa shape index (κ3) is 1.65. The molecule has 0 radical (unpaired) electrons. The van der Waals surface area contributed by atoms with Crippen molar-refractivity contribution in [3.63, 3.8) is 0 Å². The highest BCUT2D eigenvalue weighted by Crippen LogP contribution is 2.35. The molecule has 1 aliphatic heterocycles. The van der Waals surface area contributed by atoms with Crippen molar-refractivity contribution in [1.29, 1.82) is 0 Å². The molecule has 1 heterocycles. The van der Waals surface area contributed by atoms with Gasteiger partial charge in [-0.25, -0.2) is 0 Å². The molecule has 0 spiro atoms. The summed E-state index contributed by atoms with van der Waals surface area (Å²) in [7, 11) is 2.45. The van der Waals surface area contributed by atoms with Crippen LogP contribution in [0.4, 0.5) is 0 Å². The van der Waals surface area contributed by atoms with Gasteiger partial charge in [-0.2, -0.15) is 0 Å². The molecule has 1 aliphatic rings. The Morgan fingerprint density at radius 3 is 2.67 bits per heavy atom. The molecule has 0 saturated carbocycles. The van der Waals surface area contributed by atoms with Gasteiger partial charge in [-0.3, -0.25) is 0 Å². The molecule has 0 aromatic carbocycles. The van der Waals surface area contributed by atoms with Gasteiger partial charge in [-0.1, -0.05) is 7.66 Å². The SMILES string of the molecule is CSC1=S(I)C=CN1C. The van der Waals surface area contributed by atoms with E-state index in [1.54, 1.807) is 0 Å². The molecule has 0 aliphatic carbocycles. The number of nitrogens with zero attached hydrogens (tertiary/aromatic N) is 1. The first-order valence-electron chi connectivity index (χ1n) is 2.47. The number of hydrogen-bond acceptors (Lipinski definition) is 2. The highest BCUT2D eigenvalue weighted by atomic mass is 127. The molecule has 0 N–H and O–H groups in total. The first-order valence-corrected chi connectivity index (χ1v) is 7.52. The maximum Gasteiger partial charge on any atom is 0.113 e. The zero-order valence-electron chi connectivity index (χ0n) is 5.30. The molecule has 0 bridgehead atoms. The molecule has 1 rings (SSSR count). The largest absolute Gasteiger partial charge is 0.340 e. The summed E-state index contributed by atoms with van der Waals surface area (Å²) in [4.78, 5) is 2.18. The fourth-order valence-electron chi connectivity index (χ4n) is 0.625. The second kappa shape index (κ2) is 3.30. The lowest BCUT2D eigenvalue weighted by Gasteiger charge is -2.10. The van der Waals surface area contributed by atoms with E-state index in [-0.39, 0.29) is 0 Å². The summed E-state index contributed by atoms with van der Waals surface area (Å²) < 4.78 is 1.45. The normalized spacial score (nSPS) is 25.9. The number of rotatable bonds is 0. The Morgan fingerprint density at radius 2 is 2.44 bits per heavy atom.